The molecule has 6 heteroatoms. The van der Waals surface area contributed by atoms with E-state index in [1.54, 1.807) is 11.3 Å². The van der Waals surface area contributed by atoms with Gasteiger partial charge in [-0.25, -0.2) is 5.43 Å². The van der Waals surface area contributed by atoms with Crippen LogP contribution in [0.1, 0.15) is 18.4 Å². The van der Waals surface area contributed by atoms with E-state index in [1.165, 1.54) is 5.56 Å². The van der Waals surface area contributed by atoms with Gasteiger partial charge < -0.3 is 9.30 Å². The van der Waals surface area contributed by atoms with Crippen molar-refractivity contribution >= 4 is 27.5 Å². The summed E-state index contributed by atoms with van der Waals surface area (Å²) in [6.07, 6.45) is 1.03. The summed E-state index contributed by atoms with van der Waals surface area (Å²) >= 11 is 1.55. The number of carbonyl (C=O) groups excluding carboxylic acids is 1. The molecule has 0 spiro atoms. The second kappa shape index (κ2) is 7.98. The number of aryl methyl sites for hydroxylation is 2. The number of benzene rings is 2. The molecule has 0 fully saturated rings. The zero-order valence-electron chi connectivity index (χ0n) is 14.4. The van der Waals surface area contributed by atoms with Crippen LogP contribution < -0.4 is 15.0 Å². The molecule has 3 aromatic rings. The monoisotopic (exact) mass is 355 g/mol. The normalized spacial score (nSPS) is 11.7. The largest absolute Gasteiger partial charge is 0.494 e. The van der Waals surface area contributed by atoms with Crippen molar-refractivity contribution in [3.8, 4) is 5.75 Å². The molecule has 0 aliphatic carbocycles. The maximum Gasteiger partial charge on any atom is 0.240 e. The molecule has 1 N–H and O–H groups in total. The van der Waals surface area contributed by atoms with Crippen molar-refractivity contribution in [1.29, 1.82) is 0 Å². The molecule has 1 amide bonds. The second-order valence-electron chi connectivity index (χ2n) is 5.82. The van der Waals surface area contributed by atoms with E-state index in [0.717, 1.165) is 20.8 Å². The van der Waals surface area contributed by atoms with Crippen molar-refractivity contribution in [3.05, 3.63) is 58.9 Å². The van der Waals surface area contributed by atoms with E-state index in [0.29, 0.717) is 19.4 Å². The van der Waals surface area contributed by atoms with Crippen molar-refractivity contribution in [2.45, 2.75) is 19.8 Å². The van der Waals surface area contributed by atoms with Gasteiger partial charge >= 0.3 is 0 Å². The lowest BCUT2D eigenvalue weighted by molar-refractivity contribution is -0.121. The molecule has 1 heterocycles. The van der Waals surface area contributed by atoms with Gasteiger partial charge in [-0.1, -0.05) is 41.2 Å². The molecule has 0 aliphatic heterocycles. The van der Waals surface area contributed by atoms with E-state index in [2.05, 4.69) is 10.5 Å². The Kier molecular flexibility index (Phi) is 5.50. The topological polar surface area (TPSA) is 55.6 Å². The van der Waals surface area contributed by atoms with Crippen LogP contribution in [0.3, 0.4) is 0 Å². The Labute approximate surface area is 150 Å². The number of hydrogen-bond donors (Lipinski definition) is 1. The number of aromatic nitrogens is 1. The van der Waals surface area contributed by atoms with Crippen LogP contribution in [0.5, 0.6) is 5.75 Å². The average Bonchev–Trinajstić information content (AvgIpc) is 2.95. The van der Waals surface area contributed by atoms with Gasteiger partial charge in [0.2, 0.25) is 10.7 Å². The van der Waals surface area contributed by atoms with Crippen LogP contribution in [0.25, 0.3) is 10.2 Å². The van der Waals surface area contributed by atoms with Gasteiger partial charge in [0.15, 0.2) is 0 Å². The van der Waals surface area contributed by atoms with E-state index in [4.69, 9.17) is 4.74 Å². The van der Waals surface area contributed by atoms with E-state index in [-0.39, 0.29) is 5.91 Å². The van der Waals surface area contributed by atoms with Crippen LogP contribution in [0.2, 0.25) is 0 Å². The summed E-state index contributed by atoms with van der Waals surface area (Å²) in [6.45, 7) is 2.54. The fourth-order valence-corrected chi connectivity index (χ4v) is 3.39. The van der Waals surface area contributed by atoms with Crippen molar-refractivity contribution in [2.75, 3.05) is 6.61 Å². The minimum Gasteiger partial charge on any atom is -0.494 e. The first-order chi connectivity index (χ1) is 12.1. The molecule has 0 radical (unpaired) electrons. The summed E-state index contributed by atoms with van der Waals surface area (Å²) in [5, 5.41) is 4.23. The van der Waals surface area contributed by atoms with Crippen LogP contribution in [-0.4, -0.2) is 17.1 Å². The van der Waals surface area contributed by atoms with Gasteiger partial charge in [0.1, 0.15) is 5.75 Å². The Bertz CT molecular complexity index is 926. The Morgan fingerprint density at radius 2 is 1.96 bits per heavy atom. The second-order valence-corrected chi connectivity index (χ2v) is 6.83. The smallest absolute Gasteiger partial charge is 0.240 e. The minimum absolute atomic E-state index is 0.107. The van der Waals surface area contributed by atoms with Crippen LogP contribution in [-0.2, 0) is 11.8 Å². The zero-order chi connectivity index (χ0) is 17.6. The number of nitrogens with one attached hydrogen (secondary N) is 1. The summed E-state index contributed by atoms with van der Waals surface area (Å²) in [5.74, 6) is 0.720. The molecule has 3 rings (SSSR count). The van der Waals surface area contributed by atoms with Crippen LogP contribution in [0, 0.1) is 6.92 Å². The highest BCUT2D eigenvalue weighted by Crippen LogP contribution is 2.15. The molecule has 130 valence electrons. The number of rotatable bonds is 6. The van der Waals surface area contributed by atoms with Gasteiger partial charge in [-0.3, -0.25) is 4.79 Å². The Morgan fingerprint density at radius 1 is 1.20 bits per heavy atom. The molecule has 25 heavy (non-hydrogen) atoms. The molecule has 5 nitrogen and oxygen atoms in total. The fraction of sp³-hybridized carbons (Fsp3) is 0.263. The van der Waals surface area contributed by atoms with E-state index in [9.17, 15) is 4.79 Å². The lowest BCUT2D eigenvalue weighted by Crippen LogP contribution is -2.23. The summed E-state index contributed by atoms with van der Waals surface area (Å²) in [5.41, 5.74) is 4.93. The zero-order valence-corrected chi connectivity index (χ0v) is 15.2. The highest BCUT2D eigenvalue weighted by molar-refractivity contribution is 7.16. The number of nitrogens with zero attached hydrogens (tertiary/aromatic N) is 2. The summed E-state index contributed by atoms with van der Waals surface area (Å²) in [4.78, 5) is 12.7. The maximum atomic E-state index is 11.9. The maximum absolute atomic E-state index is 11.9. The predicted octanol–water partition coefficient (Wildman–Crippen LogP) is 3.34. The van der Waals surface area contributed by atoms with Crippen molar-refractivity contribution in [3.63, 3.8) is 0 Å². The van der Waals surface area contributed by atoms with Gasteiger partial charge in [0, 0.05) is 13.5 Å². The quantitative estimate of drug-likeness (QED) is 0.545. The number of amides is 1. The Hall–Kier alpha value is -2.60. The van der Waals surface area contributed by atoms with E-state index in [1.807, 2.05) is 67.1 Å². The highest BCUT2D eigenvalue weighted by atomic mass is 32.1. The standard InChI is InChI=1S/C19H21N3O2S/c1-14-9-11-15(12-10-14)24-13-5-8-18(23)20-21-19-22(2)16-6-3-4-7-17(16)25-19/h3-4,6-7,9-12H,5,8,13H2,1-2H3,(H,20,23)/b21-19+. The Balaban J connectivity index is 1.49. The van der Waals surface area contributed by atoms with Gasteiger partial charge in [0.05, 0.1) is 16.8 Å². The fourth-order valence-electron chi connectivity index (χ4n) is 2.41. The first-order valence-electron chi connectivity index (χ1n) is 8.20. The Morgan fingerprint density at radius 3 is 2.72 bits per heavy atom. The average molecular weight is 355 g/mol. The number of para-hydroxylation sites is 1. The van der Waals surface area contributed by atoms with Gasteiger partial charge in [0.25, 0.3) is 0 Å². The molecule has 0 atom stereocenters. The molecule has 2 aromatic carbocycles. The molecule has 0 saturated heterocycles. The third-order valence-electron chi connectivity index (χ3n) is 3.83. The third-order valence-corrected chi connectivity index (χ3v) is 4.94. The lowest BCUT2D eigenvalue weighted by atomic mass is 10.2. The first-order valence-corrected chi connectivity index (χ1v) is 9.02. The number of carbonyl (C=O) groups is 1. The molecule has 0 bridgehead atoms. The summed E-state index contributed by atoms with van der Waals surface area (Å²) in [7, 11) is 1.94. The first kappa shape index (κ1) is 17.2. The molecule has 0 saturated carbocycles. The number of ether oxygens (including phenoxy) is 1. The number of hydrogen-bond acceptors (Lipinski definition) is 4. The van der Waals surface area contributed by atoms with Crippen molar-refractivity contribution < 1.29 is 9.53 Å². The minimum atomic E-state index is -0.107. The van der Waals surface area contributed by atoms with Crippen LogP contribution >= 0.6 is 11.3 Å². The lowest BCUT2D eigenvalue weighted by Gasteiger charge is -2.05. The predicted molar refractivity (Wildman–Crippen MR) is 100 cm³/mol. The molecular formula is C19H21N3O2S. The highest BCUT2D eigenvalue weighted by Gasteiger charge is 2.03. The van der Waals surface area contributed by atoms with Gasteiger partial charge in [-0.05, 0) is 37.6 Å². The van der Waals surface area contributed by atoms with E-state index >= 15 is 0 Å². The SMILES string of the molecule is Cc1ccc(OCCCC(=O)N/N=c2/sc3ccccc3n2C)cc1. The van der Waals surface area contributed by atoms with Gasteiger partial charge in [-0.15, -0.1) is 5.10 Å². The van der Waals surface area contributed by atoms with Crippen LogP contribution in [0.15, 0.2) is 53.6 Å². The van der Waals surface area contributed by atoms with Crippen LogP contribution in [0.4, 0.5) is 0 Å². The third kappa shape index (κ3) is 4.48. The van der Waals surface area contributed by atoms with E-state index < -0.39 is 0 Å². The molecule has 0 unspecified atom stereocenters. The summed E-state index contributed by atoms with van der Waals surface area (Å²) in [6, 6.07) is 16.0. The molecule has 0 aliphatic rings. The van der Waals surface area contributed by atoms with Crippen molar-refractivity contribution in [1.82, 2.24) is 9.99 Å². The molecular weight excluding hydrogens is 334 g/mol. The number of thiazole rings is 1. The summed E-state index contributed by atoms with van der Waals surface area (Å²) < 4.78 is 8.74. The van der Waals surface area contributed by atoms with Crippen molar-refractivity contribution in [2.24, 2.45) is 12.1 Å². The molecule has 1 aromatic heterocycles. The van der Waals surface area contributed by atoms with Gasteiger partial charge in [-0.2, -0.15) is 0 Å². The number of fused-ring (bicyclic) bond motifs is 1.